The summed E-state index contributed by atoms with van der Waals surface area (Å²) in [5, 5.41) is 3.20. The molecule has 1 aliphatic heterocycles. The lowest BCUT2D eigenvalue weighted by molar-refractivity contribution is 0.0844. The molecule has 0 bridgehead atoms. The number of likely N-dealkylation sites (tertiary alicyclic amines) is 1. The Labute approximate surface area is 139 Å². The third-order valence-corrected chi connectivity index (χ3v) is 5.62. The molecule has 1 saturated carbocycles. The SMILES string of the molecule is Cc1ncccc1C(=O)NC1CCN(C2CCC(C)CC2)CC1. The average molecular weight is 315 g/mol. The summed E-state index contributed by atoms with van der Waals surface area (Å²) in [6.45, 7) is 6.51. The topological polar surface area (TPSA) is 45.2 Å². The Morgan fingerprint density at radius 2 is 1.87 bits per heavy atom. The van der Waals surface area contributed by atoms with Crippen LogP contribution in [0.2, 0.25) is 0 Å². The Hall–Kier alpha value is -1.42. The number of nitrogens with one attached hydrogen (secondary N) is 1. The highest BCUT2D eigenvalue weighted by Crippen LogP contribution is 2.28. The highest BCUT2D eigenvalue weighted by Gasteiger charge is 2.28. The molecule has 0 aromatic carbocycles. The molecule has 23 heavy (non-hydrogen) atoms. The van der Waals surface area contributed by atoms with Crippen molar-refractivity contribution in [2.24, 2.45) is 5.92 Å². The number of pyridine rings is 1. The van der Waals surface area contributed by atoms with E-state index in [-0.39, 0.29) is 5.91 Å². The molecule has 2 aliphatic rings. The largest absolute Gasteiger partial charge is 0.349 e. The fourth-order valence-electron chi connectivity index (χ4n) is 4.00. The molecule has 126 valence electrons. The normalized spacial score (nSPS) is 26.9. The molecule has 1 aromatic rings. The molecule has 1 aliphatic carbocycles. The summed E-state index contributed by atoms with van der Waals surface area (Å²) in [5.74, 6) is 0.936. The fourth-order valence-corrected chi connectivity index (χ4v) is 4.00. The summed E-state index contributed by atoms with van der Waals surface area (Å²) in [7, 11) is 0. The van der Waals surface area contributed by atoms with Gasteiger partial charge in [0.15, 0.2) is 0 Å². The fraction of sp³-hybridized carbons (Fsp3) is 0.684. The highest BCUT2D eigenvalue weighted by atomic mass is 16.1. The standard InChI is InChI=1S/C19H29N3O/c1-14-5-7-17(8-6-14)22-12-9-16(10-13-22)21-19(23)18-4-3-11-20-15(18)2/h3-4,11,14,16-17H,5-10,12-13H2,1-2H3,(H,21,23). The molecule has 1 saturated heterocycles. The smallest absolute Gasteiger partial charge is 0.253 e. The average Bonchev–Trinajstić information content (AvgIpc) is 2.57. The minimum Gasteiger partial charge on any atom is -0.349 e. The zero-order valence-corrected chi connectivity index (χ0v) is 14.4. The van der Waals surface area contributed by atoms with Gasteiger partial charge in [0.1, 0.15) is 0 Å². The molecule has 1 amide bonds. The van der Waals surface area contributed by atoms with Crippen molar-refractivity contribution >= 4 is 5.91 Å². The summed E-state index contributed by atoms with van der Waals surface area (Å²) < 4.78 is 0. The zero-order chi connectivity index (χ0) is 16.2. The first-order chi connectivity index (χ1) is 11.1. The number of amides is 1. The summed E-state index contributed by atoms with van der Waals surface area (Å²) in [6.07, 6.45) is 9.33. The van der Waals surface area contributed by atoms with Crippen LogP contribution in [0.5, 0.6) is 0 Å². The monoisotopic (exact) mass is 315 g/mol. The van der Waals surface area contributed by atoms with Gasteiger partial charge in [-0.05, 0) is 63.5 Å². The molecule has 3 rings (SSSR count). The Morgan fingerprint density at radius 1 is 1.17 bits per heavy atom. The first kappa shape index (κ1) is 16.4. The van der Waals surface area contributed by atoms with Crippen LogP contribution in [0.4, 0.5) is 0 Å². The molecule has 2 heterocycles. The number of hydrogen-bond acceptors (Lipinski definition) is 3. The number of carbonyl (C=O) groups excluding carboxylic acids is 1. The Morgan fingerprint density at radius 3 is 2.52 bits per heavy atom. The van der Waals surface area contributed by atoms with Crippen LogP contribution in [0.15, 0.2) is 18.3 Å². The maximum atomic E-state index is 12.4. The van der Waals surface area contributed by atoms with E-state index in [9.17, 15) is 4.79 Å². The van der Waals surface area contributed by atoms with Crippen LogP contribution in [0, 0.1) is 12.8 Å². The van der Waals surface area contributed by atoms with Gasteiger partial charge < -0.3 is 10.2 Å². The van der Waals surface area contributed by atoms with Crippen LogP contribution >= 0.6 is 0 Å². The summed E-state index contributed by atoms with van der Waals surface area (Å²) in [4.78, 5) is 19.2. The molecule has 1 N–H and O–H groups in total. The van der Waals surface area contributed by atoms with Gasteiger partial charge in [-0.15, -0.1) is 0 Å². The van der Waals surface area contributed by atoms with Crippen LogP contribution in [0.3, 0.4) is 0 Å². The Kier molecular flexibility index (Phi) is 5.31. The Bertz CT molecular complexity index is 529. The predicted molar refractivity (Wildman–Crippen MR) is 92.5 cm³/mol. The molecule has 0 unspecified atom stereocenters. The third-order valence-electron chi connectivity index (χ3n) is 5.62. The number of aryl methyl sites for hydroxylation is 1. The first-order valence-electron chi connectivity index (χ1n) is 9.10. The van der Waals surface area contributed by atoms with Crippen molar-refractivity contribution in [3.63, 3.8) is 0 Å². The molecule has 4 heteroatoms. The van der Waals surface area contributed by atoms with E-state index in [0.717, 1.165) is 43.6 Å². The van der Waals surface area contributed by atoms with Gasteiger partial charge >= 0.3 is 0 Å². The number of hydrogen-bond donors (Lipinski definition) is 1. The lowest BCUT2D eigenvalue weighted by atomic mass is 9.85. The van der Waals surface area contributed by atoms with Crippen LogP contribution in [0.1, 0.15) is 61.5 Å². The van der Waals surface area contributed by atoms with Crippen molar-refractivity contribution in [1.82, 2.24) is 15.2 Å². The molecule has 4 nitrogen and oxygen atoms in total. The van der Waals surface area contributed by atoms with E-state index in [2.05, 4.69) is 22.1 Å². The number of piperidine rings is 1. The van der Waals surface area contributed by atoms with Crippen LogP contribution < -0.4 is 5.32 Å². The molecule has 0 atom stereocenters. The van der Waals surface area contributed by atoms with Crippen molar-refractivity contribution in [1.29, 1.82) is 0 Å². The van der Waals surface area contributed by atoms with Crippen LogP contribution in [0.25, 0.3) is 0 Å². The van der Waals surface area contributed by atoms with Crippen molar-refractivity contribution in [3.05, 3.63) is 29.6 Å². The molecule has 0 spiro atoms. The summed E-state index contributed by atoms with van der Waals surface area (Å²) in [6, 6.07) is 4.77. The molecule has 0 radical (unpaired) electrons. The van der Waals surface area contributed by atoms with Gasteiger partial charge in [-0.2, -0.15) is 0 Å². The van der Waals surface area contributed by atoms with Crippen molar-refractivity contribution < 1.29 is 4.79 Å². The number of rotatable bonds is 3. The third kappa shape index (κ3) is 4.11. The second kappa shape index (κ2) is 7.43. The van der Waals surface area contributed by atoms with E-state index >= 15 is 0 Å². The van der Waals surface area contributed by atoms with Gasteiger partial charge in [0, 0.05) is 37.1 Å². The van der Waals surface area contributed by atoms with Crippen LogP contribution in [-0.2, 0) is 0 Å². The predicted octanol–water partition coefficient (Wildman–Crippen LogP) is 3.16. The van der Waals surface area contributed by atoms with Gasteiger partial charge in [0.05, 0.1) is 5.56 Å². The van der Waals surface area contributed by atoms with E-state index < -0.39 is 0 Å². The number of carbonyl (C=O) groups is 1. The molecular formula is C19H29N3O. The van der Waals surface area contributed by atoms with E-state index in [1.54, 1.807) is 6.20 Å². The molecular weight excluding hydrogens is 286 g/mol. The van der Waals surface area contributed by atoms with Crippen molar-refractivity contribution in [2.75, 3.05) is 13.1 Å². The zero-order valence-electron chi connectivity index (χ0n) is 14.4. The lowest BCUT2D eigenvalue weighted by Crippen LogP contribution is -2.48. The van der Waals surface area contributed by atoms with Gasteiger partial charge in [-0.3, -0.25) is 9.78 Å². The minimum absolute atomic E-state index is 0.0283. The quantitative estimate of drug-likeness (QED) is 0.932. The number of nitrogens with zero attached hydrogens (tertiary/aromatic N) is 2. The second-order valence-electron chi connectivity index (χ2n) is 7.33. The maximum Gasteiger partial charge on any atom is 0.253 e. The maximum absolute atomic E-state index is 12.4. The van der Waals surface area contributed by atoms with Gasteiger partial charge in [0.25, 0.3) is 5.91 Å². The van der Waals surface area contributed by atoms with Gasteiger partial charge in [-0.25, -0.2) is 0 Å². The highest BCUT2D eigenvalue weighted by molar-refractivity contribution is 5.95. The lowest BCUT2D eigenvalue weighted by Gasteiger charge is -2.40. The molecule has 2 fully saturated rings. The second-order valence-corrected chi connectivity index (χ2v) is 7.33. The van der Waals surface area contributed by atoms with Crippen molar-refractivity contribution in [2.45, 2.75) is 64.5 Å². The first-order valence-corrected chi connectivity index (χ1v) is 9.10. The van der Waals surface area contributed by atoms with E-state index in [0.29, 0.717) is 11.6 Å². The van der Waals surface area contributed by atoms with E-state index in [1.807, 2.05) is 19.1 Å². The number of aromatic nitrogens is 1. The minimum atomic E-state index is 0.0283. The van der Waals surface area contributed by atoms with Gasteiger partial charge in [-0.1, -0.05) is 6.92 Å². The van der Waals surface area contributed by atoms with E-state index in [1.165, 1.54) is 25.7 Å². The summed E-state index contributed by atoms with van der Waals surface area (Å²) >= 11 is 0. The van der Waals surface area contributed by atoms with Crippen LogP contribution in [-0.4, -0.2) is 41.0 Å². The Balaban J connectivity index is 1.48. The molecule has 1 aromatic heterocycles. The van der Waals surface area contributed by atoms with Gasteiger partial charge in [0.2, 0.25) is 0 Å². The van der Waals surface area contributed by atoms with E-state index in [4.69, 9.17) is 0 Å². The summed E-state index contributed by atoms with van der Waals surface area (Å²) in [5.41, 5.74) is 1.51. The van der Waals surface area contributed by atoms with Crippen molar-refractivity contribution in [3.8, 4) is 0 Å².